The Kier molecular flexibility index (Phi) is 15.4. The van der Waals surface area contributed by atoms with Gasteiger partial charge in [0.1, 0.15) is 12.1 Å². The van der Waals surface area contributed by atoms with Gasteiger partial charge >= 0.3 is 11.8 Å². The molecular formula is C18H36N6O4S2. The van der Waals surface area contributed by atoms with E-state index in [0.717, 1.165) is 25.9 Å². The van der Waals surface area contributed by atoms with E-state index in [2.05, 4.69) is 46.5 Å². The molecule has 2 unspecified atom stereocenters. The number of hydrogen-bond acceptors (Lipinski definition) is 8. The Balaban J connectivity index is 4.50. The highest BCUT2D eigenvalue weighted by Gasteiger charge is 2.26. The van der Waals surface area contributed by atoms with E-state index in [9.17, 15) is 19.2 Å². The minimum Gasteiger partial charge on any atom is -0.354 e. The van der Waals surface area contributed by atoms with Crippen LogP contribution in [-0.2, 0) is 19.2 Å². The normalized spacial score (nSPS) is 12.9. The van der Waals surface area contributed by atoms with Crippen LogP contribution in [0.1, 0.15) is 12.8 Å². The molecular weight excluding hydrogens is 428 g/mol. The van der Waals surface area contributed by atoms with Crippen molar-refractivity contribution in [3.8, 4) is 0 Å². The van der Waals surface area contributed by atoms with Gasteiger partial charge in [0.25, 0.3) is 0 Å². The standard InChI is InChI=1S/C18H36N6O4S2/c1-23(2)9-5-7-19-15(25)13(11-29)21-17(27)18(28)22-14(12-30)16(26)20-8-6-10-24(3)4/h13-14,29-30H,5-12H2,1-4H3,(H,19,25)(H,20,26)(H,21,27)(H,22,28). The van der Waals surface area contributed by atoms with Crippen LogP contribution >= 0.6 is 25.3 Å². The van der Waals surface area contributed by atoms with Gasteiger partial charge in [0.2, 0.25) is 11.8 Å². The van der Waals surface area contributed by atoms with Crippen molar-refractivity contribution >= 4 is 48.9 Å². The van der Waals surface area contributed by atoms with Gasteiger partial charge in [-0.15, -0.1) is 0 Å². The largest absolute Gasteiger partial charge is 0.354 e. The van der Waals surface area contributed by atoms with Gasteiger partial charge in [-0.25, -0.2) is 0 Å². The Morgan fingerprint density at radius 3 is 1.30 bits per heavy atom. The van der Waals surface area contributed by atoms with Crippen molar-refractivity contribution in [2.24, 2.45) is 0 Å². The average molecular weight is 465 g/mol. The van der Waals surface area contributed by atoms with Crippen LogP contribution in [0, 0.1) is 0 Å². The third-order valence-electron chi connectivity index (χ3n) is 3.98. The van der Waals surface area contributed by atoms with Gasteiger partial charge in [0.05, 0.1) is 0 Å². The molecule has 12 heteroatoms. The van der Waals surface area contributed by atoms with Crippen molar-refractivity contribution in [1.82, 2.24) is 31.1 Å². The van der Waals surface area contributed by atoms with Crippen LogP contribution in [0.5, 0.6) is 0 Å². The summed E-state index contributed by atoms with van der Waals surface area (Å²) in [4.78, 5) is 52.6. The molecule has 4 N–H and O–H groups in total. The first kappa shape index (κ1) is 28.5. The molecule has 0 radical (unpaired) electrons. The van der Waals surface area contributed by atoms with E-state index in [-0.39, 0.29) is 11.5 Å². The van der Waals surface area contributed by atoms with Crippen molar-refractivity contribution in [3.63, 3.8) is 0 Å². The SMILES string of the molecule is CN(C)CCCNC(=O)C(CS)NC(=O)C(=O)NC(CS)C(=O)NCCCN(C)C. The van der Waals surface area contributed by atoms with E-state index in [0.29, 0.717) is 13.1 Å². The number of nitrogens with one attached hydrogen (secondary N) is 4. The van der Waals surface area contributed by atoms with Gasteiger partial charge in [0, 0.05) is 24.6 Å². The molecule has 0 spiro atoms. The molecule has 0 aliphatic rings. The second-order valence-corrected chi connectivity index (χ2v) is 8.04. The van der Waals surface area contributed by atoms with E-state index in [1.54, 1.807) is 0 Å². The first-order valence-corrected chi connectivity index (χ1v) is 11.1. The molecule has 0 fully saturated rings. The fourth-order valence-corrected chi connectivity index (χ4v) is 2.81. The number of thiol groups is 2. The number of rotatable bonds is 14. The Morgan fingerprint density at radius 1 is 0.700 bits per heavy atom. The Labute approximate surface area is 190 Å². The first-order valence-electron chi connectivity index (χ1n) is 9.80. The van der Waals surface area contributed by atoms with E-state index in [4.69, 9.17) is 0 Å². The van der Waals surface area contributed by atoms with Crippen molar-refractivity contribution < 1.29 is 19.2 Å². The molecule has 0 bridgehead atoms. The zero-order valence-electron chi connectivity index (χ0n) is 18.2. The van der Waals surface area contributed by atoms with Gasteiger partial charge < -0.3 is 31.1 Å². The van der Waals surface area contributed by atoms with Gasteiger partial charge in [-0.1, -0.05) is 0 Å². The van der Waals surface area contributed by atoms with Gasteiger partial charge in [-0.2, -0.15) is 25.3 Å². The fraction of sp³-hybridized carbons (Fsp3) is 0.778. The van der Waals surface area contributed by atoms with Crippen LogP contribution < -0.4 is 21.3 Å². The highest BCUT2D eigenvalue weighted by atomic mass is 32.1. The van der Waals surface area contributed by atoms with Crippen LogP contribution in [0.3, 0.4) is 0 Å². The second kappa shape index (κ2) is 16.2. The molecule has 0 aliphatic carbocycles. The highest BCUT2D eigenvalue weighted by Crippen LogP contribution is 1.93. The quantitative estimate of drug-likeness (QED) is 0.1000. The van der Waals surface area contributed by atoms with E-state index in [1.807, 2.05) is 38.0 Å². The maximum Gasteiger partial charge on any atom is 0.310 e. The summed E-state index contributed by atoms with van der Waals surface area (Å²) in [7, 11) is 7.72. The van der Waals surface area contributed by atoms with E-state index < -0.39 is 35.7 Å². The summed E-state index contributed by atoms with van der Waals surface area (Å²) in [6.45, 7) is 2.50. The molecule has 0 aromatic heterocycles. The smallest absolute Gasteiger partial charge is 0.310 e. The molecule has 0 heterocycles. The van der Waals surface area contributed by atoms with Crippen LogP contribution in [0.4, 0.5) is 0 Å². The molecule has 174 valence electrons. The topological polar surface area (TPSA) is 123 Å². The third kappa shape index (κ3) is 12.9. The molecule has 0 aromatic carbocycles. The minimum atomic E-state index is -1.01. The summed E-state index contributed by atoms with van der Waals surface area (Å²) in [5, 5.41) is 10.1. The minimum absolute atomic E-state index is 0.0287. The van der Waals surface area contributed by atoms with Crippen molar-refractivity contribution in [2.75, 3.05) is 65.9 Å². The lowest BCUT2D eigenvalue weighted by Gasteiger charge is -2.19. The maximum atomic E-state index is 12.2. The molecule has 0 saturated carbocycles. The summed E-state index contributed by atoms with van der Waals surface area (Å²) >= 11 is 8.13. The summed E-state index contributed by atoms with van der Waals surface area (Å²) in [5.74, 6) is -2.81. The number of amides is 4. The van der Waals surface area contributed by atoms with Crippen LogP contribution in [0.2, 0.25) is 0 Å². The zero-order valence-corrected chi connectivity index (χ0v) is 20.0. The zero-order chi connectivity index (χ0) is 23.1. The van der Waals surface area contributed by atoms with Crippen LogP contribution in [0.25, 0.3) is 0 Å². The second-order valence-electron chi connectivity index (χ2n) is 7.31. The molecule has 0 rings (SSSR count). The Hall–Kier alpha value is -1.50. The molecule has 0 aromatic rings. The van der Waals surface area contributed by atoms with Gasteiger partial charge in [-0.05, 0) is 54.1 Å². The van der Waals surface area contributed by atoms with Gasteiger partial charge in [-0.3, -0.25) is 19.2 Å². The highest BCUT2D eigenvalue weighted by molar-refractivity contribution is 7.80. The Morgan fingerprint density at radius 2 is 1.03 bits per heavy atom. The number of nitrogens with zero attached hydrogens (tertiary/aromatic N) is 2. The lowest BCUT2D eigenvalue weighted by Crippen LogP contribution is -2.55. The summed E-state index contributed by atoms with van der Waals surface area (Å²) in [5.41, 5.74) is 0. The Bertz CT molecular complexity index is 515. The average Bonchev–Trinajstić information content (AvgIpc) is 2.69. The molecule has 4 amide bonds. The predicted molar refractivity (Wildman–Crippen MR) is 124 cm³/mol. The lowest BCUT2D eigenvalue weighted by molar-refractivity contribution is -0.141. The first-order chi connectivity index (χ1) is 14.1. The number of carbonyl (C=O) groups excluding carboxylic acids is 4. The predicted octanol–water partition coefficient (Wildman–Crippen LogP) is -2.05. The van der Waals surface area contributed by atoms with Crippen LogP contribution in [0.15, 0.2) is 0 Å². The summed E-state index contributed by atoms with van der Waals surface area (Å²) in [6, 6.07) is -1.92. The molecule has 0 aliphatic heterocycles. The monoisotopic (exact) mass is 464 g/mol. The maximum absolute atomic E-state index is 12.2. The van der Waals surface area contributed by atoms with Crippen molar-refractivity contribution in [3.05, 3.63) is 0 Å². The third-order valence-corrected chi connectivity index (χ3v) is 4.71. The lowest BCUT2D eigenvalue weighted by atomic mass is 10.2. The summed E-state index contributed by atoms with van der Waals surface area (Å²) in [6.07, 6.45) is 1.50. The van der Waals surface area contributed by atoms with Crippen molar-refractivity contribution in [1.29, 1.82) is 0 Å². The van der Waals surface area contributed by atoms with Gasteiger partial charge in [0.15, 0.2) is 0 Å². The molecule has 2 atom stereocenters. The molecule has 0 saturated heterocycles. The van der Waals surface area contributed by atoms with E-state index in [1.165, 1.54) is 0 Å². The summed E-state index contributed by atoms with van der Waals surface area (Å²) < 4.78 is 0. The number of hydrogen-bond donors (Lipinski definition) is 6. The number of carbonyl (C=O) groups is 4. The molecule has 30 heavy (non-hydrogen) atoms. The molecule has 10 nitrogen and oxygen atoms in total. The van der Waals surface area contributed by atoms with E-state index >= 15 is 0 Å². The van der Waals surface area contributed by atoms with Crippen LogP contribution in [-0.4, -0.2) is 111 Å². The fourth-order valence-electron chi connectivity index (χ4n) is 2.30. The van der Waals surface area contributed by atoms with Crippen molar-refractivity contribution in [2.45, 2.75) is 24.9 Å².